The Morgan fingerprint density at radius 1 is 1.27 bits per heavy atom. The third-order valence-electron chi connectivity index (χ3n) is 4.01. The van der Waals surface area contributed by atoms with Crippen molar-refractivity contribution in [1.82, 2.24) is 4.90 Å². The second kappa shape index (κ2) is 14.2. The Kier molecular flexibility index (Phi) is 13.4. The Bertz CT molecular complexity index is 593. The van der Waals surface area contributed by atoms with Crippen LogP contribution in [0.25, 0.3) is 0 Å². The summed E-state index contributed by atoms with van der Waals surface area (Å²) in [5.41, 5.74) is -0.575. The standard InChI is InChI=1S/C19H31NO6.C2H3ClO/c1-7-8-9-16(24-13-23-6)15-12-20(18(22)26-19(3,4)5)11-10-17(15)25-14(2)21;1-2(3)4/h1,15-17H,8-13H2,2-6H3;1H3. The van der Waals surface area contributed by atoms with Crippen LogP contribution in [-0.4, -0.2) is 67.0 Å². The van der Waals surface area contributed by atoms with Gasteiger partial charge in [-0.15, -0.1) is 12.3 Å². The van der Waals surface area contributed by atoms with Gasteiger partial charge in [0, 0.05) is 52.8 Å². The minimum absolute atomic E-state index is 0.102. The van der Waals surface area contributed by atoms with E-state index in [1.165, 1.54) is 21.0 Å². The third kappa shape index (κ3) is 12.7. The number of carbonyl (C=O) groups excluding carboxylic acids is 3. The van der Waals surface area contributed by atoms with Crippen molar-refractivity contribution in [3.8, 4) is 12.3 Å². The van der Waals surface area contributed by atoms with Crippen LogP contribution < -0.4 is 0 Å². The summed E-state index contributed by atoms with van der Waals surface area (Å²) in [4.78, 5) is 34.8. The van der Waals surface area contributed by atoms with Crippen LogP contribution in [0.1, 0.15) is 53.9 Å². The number of piperidine rings is 1. The number of nitrogens with zero attached hydrogens (tertiary/aromatic N) is 1. The van der Waals surface area contributed by atoms with E-state index in [9.17, 15) is 14.4 Å². The Balaban J connectivity index is 0.00000192. The summed E-state index contributed by atoms with van der Waals surface area (Å²) in [7, 11) is 1.54. The molecule has 1 saturated heterocycles. The van der Waals surface area contributed by atoms with Crippen LogP contribution in [0.5, 0.6) is 0 Å². The highest BCUT2D eigenvalue weighted by molar-refractivity contribution is 6.62. The number of hydrogen-bond acceptors (Lipinski definition) is 7. The molecule has 1 aliphatic heterocycles. The minimum atomic E-state index is -0.575. The van der Waals surface area contributed by atoms with Gasteiger partial charge in [-0.25, -0.2) is 4.79 Å². The molecule has 1 rings (SSSR count). The van der Waals surface area contributed by atoms with E-state index in [1.54, 1.807) is 4.90 Å². The number of esters is 1. The zero-order valence-corrected chi connectivity index (χ0v) is 19.5. The van der Waals surface area contributed by atoms with Crippen LogP contribution in [0.3, 0.4) is 0 Å². The molecule has 0 saturated carbocycles. The summed E-state index contributed by atoms with van der Waals surface area (Å²) in [6.07, 6.45) is 6.00. The van der Waals surface area contributed by atoms with E-state index in [1.807, 2.05) is 20.8 Å². The number of hydrogen-bond donors (Lipinski definition) is 0. The summed E-state index contributed by atoms with van der Waals surface area (Å²) < 4.78 is 21.7. The molecule has 0 aromatic heterocycles. The maximum absolute atomic E-state index is 12.4. The van der Waals surface area contributed by atoms with Gasteiger partial charge >= 0.3 is 12.1 Å². The maximum Gasteiger partial charge on any atom is 0.410 e. The number of rotatable bonds is 7. The fourth-order valence-corrected chi connectivity index (χ4v) is 2.97. The molecule has 1 heterocycles. The molecule has 8 nitrogen and oxygen atoms in total. The van der Waals surface area contributed by atoms with Crippen LogP contribution >= 0.6 is 11.6 Å². The highest BCUT2D eigenvalue weighted by Crippen LogP contribution is 2.28. The number of halogens is 1. The first-order valence-corrected chi connectivity index (χ1v) is 10.1. The molecule has 0 aromatic carbocycles. The van der Waals surface area contributed by atoms with E-state index in [0.29, 0.717) is 32.4 Å². The number of amides is 1. The van der Waals surface area contributed by atoms with Gasteiger partial charge in [-0.05, 0) is 38.8 Å². The Labute approximate surface area is 184 Å². The summed E-state index contributed by atoms with van der Waals surface area (Å²) in [5.74, 6) is 2.04. The van der Waals surface area contributed by atoms with Crippen LogP contribution in [0.2, 0.25) is 0 Å². The van der Waals surface area contributed by atoms with Crippen molar-refractivity contribution in [3.63, 3.8) is 0 Å². The van der Waals surface area contributed by atoms with E-state index >= 15 is 0 Å². The van der Waals surface area contributed by atoms with Gasteiger partial charge in [-0.2, -0.15) is 0 Å². The third-order valence-corrected chi connectivity index (χ3v) is 4.01. The van der Waals surface area contributed by atoms with E-state index in [0.717, 1.165) is 0 Å². The van der Waals surface area contributed by atoms with Gasteiger partial charge in [0.15, 0.2) is 0 Å². The molecule has 0 aromatic rings. The first-order valence-electron chi connectivity index (χ1n) is 9.76. The lowest BCUT2D eigenvalue weighted by atomic mass is 9.87. The van der Waals surface area contributed by atoms with E-state index < -0.39 is 5.60 Å². The molecule has 3 atom stereocenters. The average Bonchev–Trinajstić information content (AvgIpc) is 2.60. The molecule has 1 aliphatic rings. The van der Waals surface area contributed by atoms with Gasteiger partial charge in [-0.1, -0.05) is 0 Å². The van der Waals surface area contributed by atoms with Crippen molar-refractivity contribution in [1.29, 1.82) is 0 Å². The quantitative estimate of drug-likeness (QED) is 0.256. The molecule has 9 heteroatoms. The fourth-order valence-electron chi connectivity index (χ4n) is 2.97. The molecule has 172 valence electrons. The predicted molar refractivity (Wildman–Crippen MR) is 113 cm³/mol. The number of terminal acetylenes is 1. The van der Waals surface area contributed by atoms with Crippen LogP contribution in [0.15, 0.2) is 0 Å². The van der Waals surface area contributed by atoms with Gasteiger partial charge in [-0.3, -0.25) is 9.59 Å². The molecule has 3 unspecified atom stereocenters. The lowest BCUT2D eigenvalue weighted by molar-refractivity contribution is -0.163. The van der Waals surface area contributed by atoms with Crippen molar-refractivity contribution in [2.45, 2.75) is 71.7 Å². The second-order valence-corrected chi connectivity index (χ2v) is 8.38. The van der Waals surface area contributed by atoms with Gasteiger partial charge < -0.3 is 23.8 Å². The molecule has 0 N–H and O–H groups in total. The van der Waals surface area contributed by atoms with Gasteiger partial charge in [0.05, 0.1) is 6.10 Å². The van der Waals surface area contributed by atoms with E-state index in [4.69, 9.17) is 25.4 Å². The first-order chi connectivity index (χ1) is 13.9. The molecule has 0 bridgehead atoms. The molecule has 1 amide bonds. The summed E-state index contributed by atoms with van der Waals surface area (Å²) in [5, 5.41) is -0.361. The lowest BCUT2D eigenvalue weighted by Crippen LogP contribution is -2.52. The number of carbonyl (C=O) groups is 3. The molecule has 0 radical (unpaired) electrons. The van der Waals surface area contributed by atoms with Crippen molar-refractivity contribution in [3.05, 3.63) is 0 Å². The Morgan fingerprint density at radius 3 is 2.33 bits per heavy atom. The summed E-state index contributed by atoms with van der Waals surface area (Å²) in [6, 6.07) is 0. The molecule has 30 heavy (non-hydrogen) atoms. The molecule has 0 aliphatic carbocycles. The predicted octanol–water partition coefficient (Wildman–Crippen LogP) is 3.35. The van der Waals surface area contributed by atoms with Crippen molar-refractivity contribution in [2.24, 2.45) is 5.92 Å². The lowest BCUT2D eigenvalue weighted by Gasteiger charge is -2.41. The smallest absolute Gasteiger partial charge is 0.410 e. The van der Waals surface area contributed by atoms with Crippen molar-refractivity contribution in [2.75, 3.05) is 27.0 Å². The first kappa shape index (κ1) is 28.2. The summed E-state index contributed by atoms with van der Waals surface area (Å²) >= 11 is 4.64. The summed E-state index contributed by atoms with van der Waals surface area (Å²) in [6.45, 7) is 9.07. The van der Waals surface area contributed by atoms with Crippen molar-refractivity contribution < 1.29 is 33.3 Å². The zero-order chi connectivity index (χ0) is 23.3. The van der Waals surface area contributed by atoms with Gasteiger partial charge in [0.1, 0.15) is 18.5 Å². The monoisotopic (exact) mass is 447 g/mol. The molecular formula is C21H34ClNO7. The molecular weight excluding hydrogens is 414 g/mol. The minimum Gasteiger partial charge on any atom is -0.462 e. The molecule has 1 fully saturated rings. The topological polar surface area (TPSA) is 91.4 Å². The number of ether oxygens (including phenoxy) is 4. The van der Waals surface area contributed by atoms with E-state index in [-0.39, 0.29) is 42.2 Å². The average molecular weight is 448 g/mol. The zero-order valence-electron chi connectivity index (χ0n) is 18.7. The van der Waals surface area contributed by atoms with Gasteiger partial charge in [0.25, 0.3) is 0 Å². The SMILES string of the molecule is C#CCCC(OCOC)C1CN(C(=O)OC(C)(C)C)CCC1OC(C)=O.CC(=O)Cl. The van der Waals surface area contributed by atoms with Crippen LogP contribution in [-0.2, 0) is 28.5 Å². The van der Waals surface area contributed by atoms with Crippen LogP contribution in [0, 0.1) is 18.3 Å². The van der Waals surface area contributed by atoms with Crippen molar-refractivity contribution >= 4 is 28.9 Å². The Morgan fingerprint density at radius 2 is 1.87 bits per heavy atom. The highest BCUT2D eigenvalue weighted by Gasteiger charge is 2.39. The number of methoxy groups -OCH3 is 1. The van der Waals surface area contributed by atoms with Crippen LogP contribution in [0.4, 0.5) is 4.79 Å². The van der Waals surface area contributed by atoms with E-state index in [2.05, 4.69) is 17.5 Å². The number of likely N-dealkylation sites (tertiary alicyclic amines) is 1. The highest BCUT2D eigenvalue weighted by atomic mass is 35.5. The normalized spacial score (nSPS) is 19.6. The Hall–Kier alpha value is -1.82. The fraction of sp³-hybridized carbons (Fsp3) is 0.762. The molecule has 0 spiro atoms. The van der Waals surface area contributed by atoms with Gasteiger partial charge in [0.2, 0.25) is 5.24 Å². The maximum atomic E-state index is 12.4. The second-order valence-electron chi connectivity index (χ2n) is 7.85. The largest absolute Gasteiger partial charge is 0.462 e.